The summed E-state index contributed by atoms with van der Waals surface area (Å²) < 4.78 is 47.1. The van der Waals surface area contributed by atoms with E-state index in [1.54, 1.807) is 32.4 Å². The predicted octanol–water partition coefficient (Wildman–Crippen LogP) is 1.30. The minimum atomic E-state index is -0.950. The maximum atomic E-state index is 5.50. The number of hydrogen-bond acceptors (Lipinski definition) is 9. The van der Waals surface area contributed by atoms with Crippen LogP contribution in [0.15, 0.2) is 37.0 Å². The molecule has 0 bridgehead atoms. The van der Waals surface area contributed by atoms with Gasteiger partial charge in [0.25, 0.3) is 0 Å². The van der Waals surface area contributed by atoms with E-state index in [0.717, 1.165) is 0 Å². The number of rotatable bonds is 19. The van der Waals surface area contributed by atoms with Crippen molar-refractivity contribution in [3.63, 3.8) is 0 Å². The van der Waals surface area contributed by atoms with Crippen molar-refractivity contribution in [2.45, 2.75) is 6.10 Å². The number of methoxy groups -OCH3 is 2. The summed E-state index contributed by atoms with van der Waals surface area (Å²) in [5.74, 6) is 0. The van der Waals surface area contributed by atoms with Gasteiger partial charge in [-0.05, 0) is 18.2 Å². The fourth-order valence-electron chi connectivity index (χ4n) is 1.66. The van der Waals surface area contributed by atoms with E-state index in [-0.39, 0.29) is 6.10 Å². The van der Waals surface area contributed by atoms with Crippen LogP contribution in [-0.2, 0) is 42.4 Å². The molecule has 0 amide bonds. The van der Waals surface area contributed by atoms with Crippen LogP contribution < -0.4 is 0 Å². The normalized spacial score (nSPS) is 14.8. The highest BCUT2D eigenvalue weighted by molar-refractivity contribution is 6.37. The molecule has 28 heavy (non-hydrogen) atoms. The van der Waals surface area contributed by atoms with Crippen molar-refractivity contribution in [2.75, 3.05) is 73.7 Å². The van der Waals surface area contributed by atoms with Gasteiger partial charge < -0.3 is 42.4 Å². The molecular weight excluding hydrogens is 371 g/mol. The van der Waals surface area contributed by atoms with Crippen molar-refractivity contribution < 1.29 is 42.4 Å². The first-order chi connectivity index (χ1) is 13.9. The van der Waals surface area contributed by atoms with E-state index in [1.807, 2.05) is 0 Å². The summed E-state index contributed by atoms with van der Waals surface area (Å²) in [6, 6.07) is 0. The molecule has 1 fully saturated rings. The minimum Gasteiger partial charge on any atom is -0.497 e. The molecule has 10 heteroatoms. The molecule has 0 aromatic carbocycles. The van der Waals surface area contributed by atoms with Crippen LogP contribution in [0.5, 0.6) is 0 Å². The lowest BCUT2D eigenvalue weighted by Crippen LogP contribution is -2.36. The van der Waals surface area contributed by atoms with E-state index < -0.39 is 7.32 Å². The van der Waals surface area contributed by atoms with Crippen LogP contribution in [0.4, 0.5) is 0 Å². The van der Waals surface area contributed by atoms with Gasteiger partial charge in [-0.1, -0.05) is 0 Å². The topological polar surface area (TPSA) is 83.1 Å². The highest BCUT2D eigenvalue weighted by Crippen LogP contribution is 2.05. The van der Waals surface area contributed by atoms with Gasteiger partial charge in [0.1, 0.15) is 6.10 Å². The molecule has 0 atom stereocenters. The van der Waals surface area contributed by atoms with Crippen LogP contribution >= 0.6 is 0 Å². The van der Waals surface area contributed by atoms with Crippen LogP contribution in [0.3, 0.4) is 0 Å². The molecule has 1 heterocycles. The van der Waals surface area contributed by atoms with Crippen LogP contribution in [-0.4, -0.2) is 87.1 Å². The molecule has 0 N–H and O–H groups in total. The fraction of sp³-hybridized carbons (Fsp3) is 0.667. The van der Waals surface area contributed by atoms with Crippen molar-refractivity contribution >= 4 is 7.32 Å². The molecule has 0 radical (unpaired) electrons. The Morgan fingerprint density at radius 3 is 1.68 bits per heavy atom. The second-order valence-corrected chi connectivity index (χ2v) is 5.44. The summed E-state index contributed by atoms with van der Waals surface area (Å²) in [6.45, 7) is 4.60. The Balaban J connectivity index is 2.23. The molecule has 0 aromatic rings. The maximum absolute atomic E-state index is 5.50. The molecule has 1 aliphatic rings. The maximum Gasteiger partial charge on any atom is 0.862 e. The SMILES string of the molecule is COCCOC/C=C/OB(O/C=C/COCCOC)O/C=C/COC1COC1. The average molecular weight is 402 g/mol. The summed E-state index contributed by atoms with van der Waals surface area (Å²) in [5.41, 5.74) is 0. The van der Waals surface area contributed by atoms with Crippen molar-refractivity contribution in [3.05, 3.63) is 37.0 Å². The number of ether oxygens (including phenoxy) is 6. The summed E-state index contributed by atoms with van der Waals surface area (Å²) in [5, 5.41) is 0. The molecule has 9 nitrogen and oxygen atoms in total. The lowest BCUT2D eigenvalue weighted by atomic mass is 10.2. The Hall–Kier alpha value is -1.56. The lowest BCUT2D eigenvalue weighted by molar-refractivity contribution is -0.122. The van der Waals surface area contributed by atoms with Gasteiger partial charge in [-0.3, -0.25) is 0 Å². The first kappa shape index (κ1) is 24.5. The van der Waals surface area contributed by atoms with Gasteiger partial charge in [-0.15, -0.1) is 0 Å². The van der Waals surface area contributed by atoms with Gasteiger partial charge >= 0.3 is 7.32 Å². The summed E-state index contributed by atoms with van der Waals surface area (Å²) in [7, 11) is 2.29. The van der Waals surface area contributed by atoms with Crippen LogP contribution in [0, 0.1) is 0 Å². The van der Waals surface area contributed by atoms with Gasteiger partial charge in [0, 0.05) is 14.2 Å². The molecule has 0 unspecified atom stereocenters. The molecule has 0 aliphatic carbocycles. The molecule has 1 aliphatic heterocycles. The fourth-order valence-corrected chi connectivity index (χ4v) is 1.66. The smallest absolute Gasteiger partial charge is 0.497 e. The van der Waals surface area contributed by atoms with Crippen molar-refractivity contribution in [2.24, 2.45) is 0 Å². The summed E-state index contributed by atoms with van der Waals surface area (Å²) in [6.07, 6.45) is 9.68. The molecule has 1 rings (SSSR count). The molecular formula is C18H31BO9. The van der Waals surface area contributed by atoms with Crippen LogP contribution in [0.1, 0.15) is 0 Å². The van der Waals surface area contributed by atoms with Gasteiger partial charge in [0.2, 0.25) is 0 Å². The second kappa shape index (κ2) is 18.8. The largest absolute Gasteiger partial charge is 0.862 e. The third kappa shape index (κ3) is 14.5. The minimum absolute atomic E-state index is 0.162. The zero-order valence-corrected chi connectivity index (χ0v) is 16.7. The zero-order valence-electron chi connectivity index (χ0n) is 16.7. The highest BCUT2D eigenvalue weighted by atomic mass is 16.7. The average Bonchev–Trinajstić information content (AvgIpc) is 2.67. The van der Waals surface area contributed by atoms with E-state index in [9.17, 15) is 0 Å². The van der Waals surface area contributed by atoms with E-state index in [2.05, 4.69) is 0 Å². The Morgan fingerprint density at radius 2 is 1.25 bits per heavy atom. The molecule has 160 valence electrons. The molecule has 0 saturated carbocycles. The first-order valence-electron chi connectivity index (χ1n) is 9.11. The molecule has 0 aromatic heterocycles. The first-order valence-corrected chi connectivity index (χ1v) is 9.11. The van der Waals surface area contributed by atoms with Crippen LogP contribution in [0.25, 0.3) is 0 Å². The van der Waals surface area contributed by atoms with Gasteiger partial charge in [0.05, 0.1) is 78.2 Å². The number of hydrogen-bond donors (Lipinski definition) is 0. The quantitative estimate of drug-likeness (QED) is 0.180. The van der Waals surface area contributed by atoms with Crippen molar-refractivity contribution in [1.29, 1.82) is 0 Å². The Kier molecular flexibility index (Phi) is 16.4. The Bertz CT molecular complexity index is 403. The predicted molar refractivity (Wildman–Crippen MR) is 102 cm³/mol. The monoisotopic (exact) mass is 402 g/mol. The van der Waals surface area contributed by atoms with E-state index in [1.165, 1.54) is 18.8 Å². The zero-order chi connectivity index (χ0) is 20.1. The van der Waals surface area contributed by atoms with E-state index in [4.69, 9.17) is 42.4 Å². The van der Waals surface area contributed by atoms with E-state index in [0.29, 0.717) is 59.5 Å². The van der Waals surface area contributed by atoms with Crippen molar-refractivity contribution in [1.82, 2.24) is 0 Å². The lowest BCUT2D eigenvalue weighted by Gasteiger charge is -2.25. The standard InChI is InChI=1S/C18H31BO9/c1-20-12-14-22-6-3-9-26-19(27-10-4-7-23-15-13-21-2)28-11-5-8-25-18-16-24-17-18/h3-5,9-11,18H,6-8,12-17H2,1-2H3/b9-3+,10-4+,11-5+. The van der Waals surface area contributed by atoms with Crippen molar-refractivity contribution in [3.8, 4) is 0 Å². The van der Waals surface area contributed by atoms with Gasteiger partial charge in [-0.2, -0.15) is 0 Å². The molecule has 0 spiro atoms. The van der Waals surface area contributed by atoms with E-state index >= 15 is 0 Å². The van der Waals surface area contributed by atoms with Crippen LogP contribution in [0.2, 0.25) is 0 Å². The third-order valence-corrected chi connectivity index (χ3v) is 3.19. The van der Waals surface area contributed by atoms with Gasteiger partial charge in [0.15, 0.2) is 0 Å². The highest BCUT2D eigenvalue weighted by Gasteiger charge is 2.24. The Morgan fingerprint density at radius 1 is 0.750 bits per heavy atom. The second-order valence-electron chi connectivity index (χ2n) is 5.44. The third-order valence-electron chi connectivity index (χ3n) is 3.19. The Labute approximate surface area is 167 Å². The van der Waals surface area contributed by atoms with Gasteiger partial charge in [-0.25, -0.2) is 0 Å². The summed E-state index contributed by atoms with van der Waals surface area (Å²) >= 11 is 0. The summed E-state index contributed by atoms with van der Waals surface area (Å²) in [4.78, 5) is 0. The molecule has 1 saturated heterocycles.